The molecule has 0 bridgehead atoms. The zero-order valence-corrected chi connectivity index (χ0v) is 16.8. The fraction of sp³-hybridized carbons (Fsp3) is 0.176. The Hall–Kier alpha value is -1.39. The zero-order chi connectivity index (χ0) is 18.9. The molecule has 0 unspecified atom stereocenters. The Bertz CT molecular complexity index is 1080. The first kappa shape index (κ1) is 21.9. The number of sulfonamides is 1. The van der Waals surface area contributed by atoms with Crippen molar-refractivity contribution in [2.45, 2.75) is 4.90 Å². The van der Waals surface area contributed by atoms with Gasteiger partial charge in [0.05, 0.1) is 18.2 Å². The molecule has 0 spiro atoms. The number of benzene rings is 2. The predicted octanol–water partition coefficient (Wildman–Crippen LogP) is 2.62. The van der Waals surface area contributed by atoms with Crippen molar-refractivity contribution in [1.82, 2.24) is 9.97 Å². The summed E-state index contributed by atoms with van der Waals surface area (Å²) in [5.74, 6) is 0.105. The maximum atomic E-state index is 13.0. The normalized spacial score (nSPS) is 11.0. The molecule has 1 aromatic heterocycles. The summed E-state index contributed by atoms with van der Waals surface area (Å²) < 4.78 is 34.0. The molecule has 1 heterocycles. The molecule has 0 fully saturated rings. The Labute approximate surface area is 188 Å². The average molecular weight is 461 g/mol. The Morgan fingerprint density at radius 2 is 1.78 bits per heavy atom. The Morgan fingerprint density at radius 1 is 1.11 bits per heavy atom. The van der Waals surface area contributed by atoms with E-state index in [1.54, 1.807) is 18.2 Å². The average Bonchev–Trinajstić information content (AvgIpc) is 2.61. The molecule has 3 rings (SSSR count). The van der Waals surface area contributed by atoms with Gasteiger partial charge in [-0.15, -0.1) is 0 Å². The first-order chi connectivity index (χ1) is 12.3. The van der Waals surface area contributed by atoms with Crippen LogP contribution in [0.5, 0.6) is 5.88 Å². The van der Waals surface area contributed by atoms with E-state index in [1.165, 1.54) is 13.3 Å². The third kappa shape index (κ3) is 4.55. The van der Waals surface area contributed by atoms with Crippen molar-refractivity contribution in [2.24, 2.45) is 0 Å². The summed E-state index contributed by atoms with van der Waals surface area (Å²) in [6, 6.07) is 10.7. The number of rotatable bonds is 5. The van der Waals surface area contributed by atoms with Crippen LogP contribution in [0.4, 0.5) is 11.5 Å². The Balaban J connectivity index is 0.00000261. The summed E-state index contributed by atoms with van der Waals surface area (Å²) in [5, 5.41) is 1.46. The SMILES string of the molecule is COc1nc(Br)cnc1NS(=O)(=O)c1cccc2c(N(C)C)cccc12.[NaH]. The van der Waals surface area contributed by atoms with Crippen molar-refractivity contribution < 1.29 is 13.2 Å². The number of nitrogens with one attached hydrogen (secondary N) is 1. The van der Waals surface area contributed by atoms with Gasteiger partial charge in [-0.05, 0) is 28.1 Å². The maximum absolute atomic E-state index is 13.0. The van der Waals surface area contributed by atoms with E-state index in [-0.39, 0.29) is 46.2 Å². The van der Waals surface area contributed by atoms with Gasteiger partial charge in [0.2, 0.25) is 5.82 Å². The molecular formula is C17H18BrN4NaO3S. The van der Waals surface area contributed by atoms with E-state index < -0.39 is 10.0 Å². The van der Waals surface area contributed by atoms with E-state index in [4.69, 9.17) is 4.74 Å². The van der Waals surface area contributed by atoms with Crippen LogP contribution in [0.1, 0.15) is 0 Å². The third-order valence-electron chi connectivity index (χ3n) is 3.77. The molecule has 0 aliphatic heterocycles. The molecule has 3 aromatic rings. The number of fused-ring (bicyclic) bond motifs is 1. The van der Waals surface area contributed by atoms with Crippen LogP contribution in [0.2, 0.25) is 0 Å². The number of methoxy groups -OCH3 is 1. The van der Waals surface area contributed by atoms with Crippen LogP contribution >= 0.6 is 15.9 Å². The first-order valence-corrected chi connectivity index (χ1v) is 9.89. The summed E-state index contributed by atoms with van der Waals surface area (Å²) in [5.41, 5.74) is 0.931. The number of hydrogen-bond acceptors (Lipinski definition) is 6. The zero-order valence-electron chi connectivity index (χ0n) is 14.4. The van der Waals surface area contributed by atoms with Crippen LogP contribution in [0.3, 0.4) is 0 Å². The molecule has 0 atom stereocenters. The van der Waals surface area contributed by atoms with Gasteiger partial charge in [-0.2, -0.15) is 0 Å². The second-order valence-corrected chi connectivity index (χ2v) is 8.14. The number of anilines is 2. The molecule has 0 saturated heterocycles. The summed E-state index contributed by atoms with van der Waals surface area (Å²) in [6.07, 6.45) is 1.40. The molecule has 7 nitrogen and oxygen atoms in total. The van der Waals surface area contributed by atoms with E-state index in [9.17, 15) is 8.42 Å². The van der Waals surface area contributed by atoms with Crippen molar-refractivity contribution in [2.75, 3.05) is 30.8 Å². The van der Waals surface area contributed by atoms with Gasteiger partial charge in [-0.25, -0.2) is 18.4 Å². The minimum absolute atomic E-state index is 0. The standard InChI is InChI=1S/C17H17BrN4O3S.Na.H/c1-22(2)13-8-4-7-12-11(13)6-5-9-14(12)26(23,24)21-16-17(25-3)20-15(18)10-19-16;;/h4-10H,1-3H3,(H,19,21);;. The molecule has 0 amide bonds. The van der Waals surface area contributed by atoms with Crippen LogP contribution < -0.4 is 14.4 Å². The minimum atomic E-state index is -3.89. The van der Waals surface area contributed by atoms with Gasteiger partial charge < -0.3 is 9.64 Å². The van der Waals surface area contributed by atoms with E-state index >= 15 is 0 Å². The van der Waals surface area contributed by atoms with Crippen molar-refractivity contribution in [1.29, 1.82) is 0 Å². The number of nitrogens with zero attached hydrogens (tertiary/aromatic N) is 3. The molecule has 0 aliphatic rings. The predicted molar refractivity (Wildman–Crippen MR) is 113 cm³/mol. The number of hydrogen-bond donors (Lipinski definition) is 1. The summed E-state index contributed by atoms with van der Waals surface area (Å²) in [6.45, 7) is 0. The van der Waals surface area contributed by atoms with Gasteiger partial charge in [0, 0.05) is 30.6 Å². The second-order valence-electron chi connectivity index (χ2n) is 5.68. The molecule has 0 radical (unpaired) electrons. The first-order valence-electron chi connectivity index (χ1n) is 7.62. The van der Waals surface area contributed by atoms with E-state index in [1.807, 2.05) is 37.2 Å². The number of aromatic nitrogens is 2. The molecule has 138 valence electrons. The number of ether oxygens (including phenoxy) is 1. The summed E-state index contributed by atoms with van der Waals surface area (Å²) in [4.78, 5) is 10.2. The molecule has 10 heteroatoms. The van der Waals surface area contributed by atoms with Crippen molar-refractivity contribution in [3.05, 3.63) is 47.2 Å². The monoisotopic (exact) mass is 460 g/mol. The van der Waals surface area contributed by atoms with E-state index in [0.29, 0.717) is 9.99 Å². The van der Waals surface area contributed by atoms with Crippen LogP contribution in [-0.2, 0) is 10.0 Å². The molecule has 1 N–H and O–H groups in total. The van der Waals surface area contributed by atoms with Crippen molar-refractivity contribution in [3.63, 3.8) is 0 Å². The number of halogens is 1. The second kappa shape index (κ2) is 8.74. The van der Waals surface area contributed by atoms with Gasteiger partial charge in [-0.3, -0.25) is 4.72 Å². The molecule has 2 aromatic carbocycles. The Morgan fingerprint density at radius 3 is 2.44 bits per heavy atom. The van der Waals surface area contributed by atoms with Crippen LogP contribution in [-0.4, -0.2) is 69.1 Å². The summed E-state index contributed by atoms with van der Waals surface area (Å²) in [7, 11) is 1.33. The molecule has 0 aliphatic carbocycles. The fourth-order valence-electron chi connectivity index (χ4n) is 2.64. The quantitative estimate of drug-likeness (QED) is 0.589. The van der Waals surface area contributed by atoms with Crippen molar-refractivity contribution >= 4 is 77.8 Å². The van der Waals surface area contributed by atoms with Crippen LogP contribution in [0.15, 0.2) is 52.1 Å². The third-order valence-corrected chi connectivity index (χ3v) is 5.55. The van der Waals surface area contributed by atoms with Gasteiger partial charge in [0.15, 0.2) is 0 Å². The van der Waals surface area contributed by atoms with Gasteiger partial charge in [0.25, 0.3) is 15.9 Å². The van der Waals surface area contributed by atoms with Gasteiger partial charge >= 0.3 is 29.6 Å². The molecule has 27 heavy (non-hydrogen) atoms. The van der Waals surface area contributed by atoms with E-state index in [0.717, 1.165) is 11.1 Å². The van der Waals surface area contributed by atoms with Crippen molar-refractivity contribution in [3.8, 4) is 5.88 Å². The molecular weight excluding hydrogens is 443 g/mol. The van der Waals surface area contributed by atoms with Crippen LogP contribution in [0, 0.1) is 0 Å². The fourth-order valence-corrected chi connectivity index (χ4v) is 4.13. The molecule has 0 saturated carbocycles. The van der Waals surface area contributed by atoms with Crippen LogP contribution in [0.25, 0.3) is 10.8 Å². The summed E-state index contributed by atoms with van der Waals surface area (Å²) >= 11 is 3.18. The van der Waals surface area contributed by atoms with Gasteiger partial charge in [0.1, 0.15) is 4.60 Å². The van der Waals surface area contributed by atoms with Gasteiger partial charge in [-0.1, -0.05) is 24.3 Å². The topological polar surface area (TPSA) is 84.4 Å². The van der Waals surface area contributed by atoms with E-state index in [2.05, 4.69) is 30.6 Å². The Kier molecular flexibility index (Phi) is 7.09.